The number of aromatic nitrogens is 1. The highest BCUT2D eigenvalue weighted by Gasteiger charge is 2.23. The topological polar surface area (TPSA) is 31.4 Å². The number of anilines is 1. The van der Waals surface area contributed by atoms with Gasteiger partial charge in [0.25, 0.3) is 0 Å². The fraction of sp³-hybridized carbons (Fsp3) is 0.667. The Morgan fingerprint density at radius 1 is 1.40 bits per heavy atom. The molecule has 2 heterocycles. The second-order valence-electron chi connectivity index (χ2n) is 5.94. The zero-order valence-electron chi connectivity index (χ0n) is 12.9. The molecule has 0 aromatic carbocycles. The van der Waals surface area contributed by atoms with E-state index >= 15 is 0 Å². The van der Waals surface area contributed by atoms with Gasteiger partial charge in [0, 0.05) is 38.3 Å². The molecule has 112 valence electrons. The molecule has 2 rings (SSSR count). The van der Waals surface area contributed by atoms with Gasteiger partial charge in [-0.1, -0.05) is 25.4 Å². The lowest BCUT2D eigenvalue weighted by atomic mass is 10.2. The van der Waals surface area contributed by atoms with E-state index in [0.717, 1.165) is 36.2 Å². The fourth-order valence-corrected chi connectivity index (χ4v) is 2.71. The van der Waals surface area contributed by atoms with Crippen LogP contribution in [0.25, 0.3) is 0 Å². The highest BCUT2D eigenvalue weighted by Crippen LogP contribution is 2.22. The van der Waals surface area contributed by atoms with Gasteiger partial charge in [-0.25, -0.2) is 4.98 Å². The molecule has 5 heteroatoms. The summed E-state index contributed by atoms with van der Waals surface area (Å²) < 4.78 is 0. The summed E-state index contributed by atoms with van der Waals surface area (Å²) in [6.45, 7) is 10.4. The number of pyridine rings is 1. The Kier molecular flexibility index (Phi) is 5.24. The van der Waals surface area contributed by atoms with Gasteiger partial charge in [-0.15, -0.1) is 0 Å². The van der Waals surface area contributed by atoms with Crippen molar-refractivity contribution in [3.05, 3.63) is 22.8 Å². The van der Waals surface area contributed by atoms with Crippen molar-refractivity contribution in [2.24, 2.45) is 0 Å². The zero-order chi connectivity index (χ0) is 14.7. The lowest BCUT2D eigenvalue weighted by Crippen LogP contribution is -2.50. The van der Waals surface area contributed by atoms with Crippen molar-refractivity contribution < 1.29 is 0 Å². The second-order valence-corrected chi connectivity index (χ2v) is 6.35. The molecular weight excluding hydrogens is 272 g/mol. The van der Waals surface area contributed by atoms with E-state index in [1.54, 1.807) is 0 Å². The van der Waals surface area contributed by atoms with Gasteiger partial charge < -0.3 is 15.1 Å². The summed E-state index contributed by atoms with van der Waals surface area (Å²) in [5.74, 6) is 1.04. The number of hydrogen-bond donors (Lipinski definition) is 1. The first kappa shape index (κ1) is 15.5. The zero-order valence-corrected chi connectivity index (χ0v) is 13.6. The van der Waals surface area contributed by atoms with Gasteiger partial charge in [0.15, 0.2) is 0 Å². The Labute approximate surface area is 127 Å². The third kappa shape index (κ3) is 3.84. The van der Waals surface area contributed by atoms with Crippen LogP contribution >= 0.6 is 11.6 Å². The van der Waals surface area contributed by atoms with Crippen molar-refractivity contribution in [3.63, 3.8) is 0 Å². The highest BCUT2D eigenvalue weighted by atomic mass is 35.5. The minimum Gasteiger partial charge on any atom is -0.351 e. The van der Waals surface area contributed by atoms with Crippen LogP contribution in [0.2, 0.25) is 5.02 Å². The van der Waals surface area contributed by atoms with E-state index < -0.39 is 0 Å². The predicted molar refractivity (Wildman–Crippen MR) is 85.5 cm³/mol. The molecule has 1 saturated heterocycles. The van der Waals surface area contributed by atoms with E-state index in [1.807, 2.05) is 12.1 Å². The molecule has 0 radical (unpaired) electrons. The Morgan fingerprint density at radius 2 is 2.15 bits per heavy atom. The van der Waals surface area contributed by atoms with Crippen molar-refractivity contribution in [1.29, 1.82) is 0 Å². The molecule has 1 aliphatic heterocycles. The average Bonchev–Trinajstić information content (AvgIpc) is 2.38. The van der Waals surface area contributed by atoms with Gasteiger partial charge in [0.2, 0.25) is 0 Å². The first-order chi connectivity index (χ1) is 9.47. The van der Waals surface area contributed by atoms with Gasteiger partial charge in [0.1, 0.15) is 5.82 Å². The lowest BCUT2D eigenvalue weighted by Gasteiger charge is -2.39. The third-order valence-electron chi connectivity index (χ3n) is 3.71. The van der Waals surface area contributed by atoms with Crippen LogP contribution in [0.4, 0.5) is 5.82 Å². The second kappa shape index (κ2) is 6.74. The molecule has 1 aromatic heterocycles. The molecule has 1 aliphatic rings. The number of nitrogens with one attached hydrogen (secondary N) is 1. The van der Waals surface area contributed by atoms with Crippen molar-refractivity contribution in [2.45, 2.75) is 39.4 Å². The third-order valence-corrected chi connectivity index (χ3v) is 4.05. The smallest absolute Gasteiger partial charge is 0.129 e. The number of hydrogen-bond acceptors (Lipinski definition) is 4. The molecule has 0 amide bonds. The number of rotatable bonds is 4. The van der Waals surface area contributed by atoms with Crippen molar-refractivity contribution >= 4 is 17.4 Å². The van der Waals surface area contributed by atoms with Crippen LogP contribution in [-0.2, 0) is 6.54 Å². The van der Waals surface area contributed by atoms with Crippen LogP contribution in [0.1, 0.15) is 26.5 Å². The van der Waals surface area contributed by atoms with E-state index in [2.05, 4.69) is 42.9 Å². The minimum atomic E-state index is 0.430. The average molecular weight is 297 g/mol. The van der Waals surface area contributed by atoms with E-state index in [9.17, 15) is 0 Å². The number of halogens is 1. The number of likely N-dealkylation sites (N-methyl/N-ethyl adjacent to an activating group) is 1. The van der Waals surface area contributed by atoms with Crippen molar-refractivity contribution in [2.75, 3.05) is 31.6 Å². The Bertz CT molecular complexity index is 449. The number of piperazine rings is 1. The van der Waals surface area contributed by atoms with Gasteiger partial charge >= 0.3 is 0 Å². The molecule has 20 heavy (non-hydrogen) atoms. The standard InChI is InChI=1S/C15H25ClN4/c1-11(2)17-9-14-13(16)5-6-15(18-14)20-8-7-19(4)10-12(20)3/h5-6,11-12,17H,7-10H2,1-4H3. The van der Waals surface area contributed by atoms with Crippen molar-refractivity contribution in [3.8, 4) is 0 Å². The first-order valence-electron chi connectivity index (χ1n) is 7.31. The lowest BCUT2D eigenvalue weighted by molar-refractivity contribution is 0.274. The van der Waals surface area contributed by atoms with E-state index in [0.29, 0.717) is 18.6 Å². The molecule has 0 bridgehead atoms. The molecule has 0 aliphatic carbocycles. The summed E-state index contributed by atoms with van der Waals surface area (Å²) in [7, 11) is 2.17. The quantitative estimate of drug-likeness (QED) is 0.924. The van der Waals surface area contributed by atoms with Crippen LogP contribution in [0, 0.1) is 0 Å². The van der Waals surface area contributed by atoms with Crippen LogP contribution in [0.5, 0.6) is 0 Å². The maximum atomic E-state index is 6.25. The maximum absolute atomic E-state index is 6.25. The highest BCUT2D eigenvalue weighted by molar-refractivity contribution is 6.31. The summed E-state index contributed by atoms with van der Waals surface area (Å²) in [6, 6.07) is 4.90. The summed E-state index contributed by atoms with van der Waals surface area (Å²) in [5, 5.41) is 4.12. The van der Waals surface area contributed by atoms with Crippen LogP contribution in [0.3, 0.4) is 0 Å². The van der Waals surface area contributed by atoms with Gasteiger partial charge in [-0.05, 0) is 26.1 Å². The van der Waals surface area contributed by atoms with E-state index in [-0.39, 0.29) is 0 Å². The normalized spacial score (nSPS) is 20.7. The molecular formula is C15H25ClN4. The van der Waals surface area contributed by atoms with Crippen LogP contribution < -0.4 is 10.2 Å². The Hall–Kier alpha value is -0.840. The predicted octanol–water partition coefficient (Wildman–Crippen LogP) is 2.37. The first-order valence-corrected chi connectivity index (χ1v) is 7.69. The molecule has 1 unspecified atom stereocenters. The molecule has 0 spiro atoms. The largest absolute Gasteiger partial charge is 0.351 e. The molecule has 4 nitrogen and oxygen atoms in total. The Morgan fingerprint density at radius 3 is 2.80 bits per heavy atom. The monoisotopic (exact) mass is 296 g/mol. The molecule has 1 N–H and O–H groups in total. The van der Waals surface area contributed by atoms with E-state index in [1.165, 1.54) is 0 Å². The Balaban J connectivity index is 2.14. The molecule has 1 atom stereocenters. The SMILES string of the molecule is CC(C)NCc1nc(N2CCN(C)CC2C)ccc1Cl. The van der Waals surface area contributed by atoms with Crippen LogP contribution in [0.15, 0.2) is 12.1 Å². The van der Waals surface area contributed by atoms with Crippen molar-refractivity contribution in [1.82, 2.24) is 15.2 Å². The number of nitrogens with zero attached hydrogens (tertiary/aromatic N) is 3. The van der Waals surface area contributed by atoms with Gasteiger partial charge in [-0.2, -0.15) is 0 Å². The fourth-order valence-electron chi connectivity index (χ4n) is 2.54. The molecule has 1 aromatic rings. The summed E-state index contributed by atoms with van der Waals surface area (Å²) >= 11 is 6.25. The summed E-state index contributed by atoms with van der Waals surface area (Å²) in [6.07, 6.45) is 0. The van der Waals surface area contributed by atoms with Gasteiger partial charge in [-0.3, -0.25) is 0 Å². The molecule has 1 fully saturated rings. The minimum absolute atomic E-state index is 0.430. The summed E-state index contributed by atoms with van der Waals surface area (Å²) in [4.78, 5) is 9.49. The van der Waals surface area contributed by atoms with Gasteiger partial charge in [0.05, 0.1) is 10.7 Å². The maximum Gasteiger partial charge on any atom is 0.129 e. The van der Waals surface area contributed by atoms with Crippen LogP contribution in [-0.4, -0.2) is 48.6 Å². The van der Waals surface area contributed by atoms with E-state index in [4.69, 9.17) is 16.6 Å². The summed E-state index contributed by atoms with van der Waals surface area (Å²) in [5.41, 5.74) is 0.934. The molecule has 0 saturated carbocycles.